The maximum atomic E-state index is 12.4. The fraction of sp³-hybridized carbons (Fsp3) is 0.571. The Morgan fingerprint density at radius 2 is 1.95 bits per heavy atom. The Kier molecular flexibility index (Phi) is 3.89. The summed E-state index contributed by atoms with van der Waals surface area (Å²) < 4.78 is 27.6. The van der Waals surface area contributed by atoms with Crippen LogP contribution >= 0.6 is 12.2 Å². The molecule has 1 aromatic heterocycles. The molecule has 1 heterocycles. The summed E-state index contributed by atoms with van der Waals surface area (Å²) in [7, 11) is -3.67. The van der Waals surface area contributed by atoms with Crippen LogP contribution in [-0.2, 0) is 10.0 Å². The van der Waals surface area contributed by atoms with E-state index in [1.807, 2.05) is 0 Å². The zero-order valence-electron chi connectivity index (χ0n) is 12.7. The number of thiocarbonyl (C=S) groups is 1. The third-order valence-corrected chi connectivity index (χ3v) is 6.74. The molecule has 0 amide bonds. The first-order valence-corrected chi connectivity index (χ1v) is 8.65. The van der Waals surface area contributed by atoms with Crippen LogP contribution in [0.25, 0.3) is 0 Å². The van der Waals surface area contributed by atoms with Crippen LogP contribution in [0.4, 0.5) is 0 Å². The van der Waals surface area contributed by atoms with Crippen molar-refractivity contribution < 1.29 is 8.42 Å². The molecule has 21 heavy (non-hydrogen) atoms. The number of sulfonamides is 1. The van der Waals surface area contributed by atoms with Crippen molar-refractivity contribution in [2.45, 2.75) is 32.6 Å². The van der Waals surface area contributed by atoms with E-state index in [1.165, 1.54) is 12.3 Å². The van der Waals surface area contributed by atoms with Crippen molar-refractivity contribution in [3.63, 3.8) is 0 Å². The lowest BCUT2D eigenvalue weighted by molar-refractivity contribution is 0.457. The third kappa shape index (κ3) is 2.69. The molecular weight excluding hydrogens is 306 g/mol. The molecular formula is C14H21N3O2S2. The monoisotopic (exact) mass is 327 g/mol. The van der Waals surface area contributed by atoms with Gasteiger partial charge in [-0.2, -0.15) is 0 Å². The predicted octanol–water partition coefficient (Wildman–Crippen LogP) is 1.68. The highest BCUT2D eigenvalue weighted by molar-refractivity contribution is 7.89. The molecule has 1 aliphatic carbocycles. The average molecular weight is 327 g/mol. The van der Waals surface area contributed by atoms with Gasteiger partial charge in [0.25, 0.3) is 0 Å². The topological polar surface area (TPSA) is 85.1 Å². The highest BCUT2D eigenvalue weighted by Crippen LogP contribution is 2.67. The molecule has 0 spiro atoms. The van der Waals surface area contributed by atoms with Gasteiger partial charge >= 0.3 is 0 Å². The van der Waals surface area contributed by atoms with Crippen LogP contribution in [0.5, 0.6) is 0 Å². The van der Waals surface area contributed by atoms with Gasteiger partial charge in [0.05, 0.1) is 0 Å². The molecule has 0 atom stereocenters. The lowest BCUT2D eigenvalue weighted by Gasteiger charge is -2.10. The van der Waals surface area contributed by atoms with Crippen LogP contribution in [-0.4, -0.2) is 24.9 Å². The molecule has 2 rings (SSSR count). The third-order valence-electron chi connectivity index (χ3n) is 5.09. The SMILES string of the molecule is CC1(C)C(CNS(=O)(=O)c2cccnc2C(N)=S)C1(C)C. The molecule has 0 aromatic carbocycles. The Morgan fingerprint density at radius 1 is 1.38 bits per heavy atom. The normalized spacial score (nSPS) is 20.2. The lowest BCUT2D eigenvalue weighted by Crippen LogP contribution is -2.29. The van der Waals surface area contributed by atoms with Gasteiger partial charge in [-0.05, 0) is 28.9 Å². The van der Waals surface area contributed by atoms with Gasteiger partial charge in [0.1, 0.15) is 15.6 Å². The molecule has 0 bridgehead atoms. The first kappa shape index (κ1) is 16.3. The van der Waals surface area contributed by atoms with Crippen LogP contribution in [0.2, 0.25) is 0 Å². The van der Waals surface area contributed by atoms with E-state index >= 15 is 0 Å². The van der Waals surface area contributed by atoms with Crippen molar-refractivity contribution in [2.24, 2.45) is 22.5 Å². The lowest BCUT2D eigenvalue weighted by atomic mass is 10.0. The highest BCUT2D eigenvalue weighted by atomic mass is 32.2. The fourth-order valence-electron chi connectivity index (χ4n) is 2.91. The molecule has 0 aliphatic heterocycles. The Labute approximate surface area is 131 Å². The second-order valence-corrected chi connectivity index (χ2v) is 8.74. The molecule has 0 saturated heterocycles. The average Bonchev–Trinajstić information content (AvgIpc) is 2.77. The maximum absolute atomic E-state index is 12.4. The smallest absolute Gasteiger partial charge is 0.242 e. The second-order valence-electron chi connectivity index (χ2n) is 6.56. The summed E-state index contributed by atoms with van der Waals surface area (Å²) in [6, 6.07) is 3.02. The van der Waals surface area contributed by atoms with E-state index in [0.29, 0.717) is 12.5 Å². The van der Waals surface area contributed by atoms with Crippen LogP contribution < -0.4 is 10.5 Å². The summed E-state index contributed by atoms with van der Waals surface area (Å²) in [5, 5.41) is 0. The molecule has 1 aromatic rings. The number of nitrogens with two attached hydrogens (primary N) is 1. The van der Waals surface area contributed by atoms with Gasteiger partial charge in [0.15, 0.2) is 0 Å². The predicted molar refractivity (Wildman–Crippen MR) is 86.4 cm³/mol. The van der Waals surface area contributed by atoms with Crippen LogP contribution in [0.3, 0.4) is 0 Å². The van der Waals surface area contributed by atoms with Crippen LogP contribution in [0.15, 0.2) is 23.2 Å². The first-order valence-electron chi connectivity index (χ1n) is 6.76. The van der Waals surface area contributed by atoms with E-state index in [4.69, 9.17) is 18.0 Å². The minimum Gasteiger partial charge on any atom is -0.388 e. The first-order chi connectivity index (χ1) is 9.52. The molecule has 5 nitrogen and oxygen atoms in total. The van der Waals surface area contributed by atoms with Crippen molar-refractivity contribution >= 4 is 27.2 Å². The number of nitrogens with zero attached hydrogens (tertiary/aromatic N) is 1. The van der Waals surface area contributed by atoms with Gasteiger partial charge in [-0.1, -0.05) is 39.9 Å². The minimum absolute atomic E-state index is 0.0249. The number of hydrogen-bond donors (Lipinski definition) is 2. The van der Waals surface area contributed by atoms with Gasteiger partial charge in [-0.15, -0.1) is 0 Å². The van der Waals surface area contributed by atoms with Crippen molar-refractivity contribution in [1.29, 1.82) is 0 Å². The number of pyridine rings is 1. The highest BCUT2D eigenvalue weighted by Gasteiger charge is 2.64. The van der Waals surface area contributed by atoms with Gasteiger partial charge in [0.2, 0.25) is 10.0 Å². The summed E-state index contributed by atoms with van der Waals surface area (Å²) in [6.45, 7) is 8.99. The molecule has 0 radical (unpaired) electrons. The largest absolute Gasteiger partial charge is 0.388 e. The van der Waals surface area contributed by atoms with E-state index in [-0.39, 0.29) is 26.4 Å². The van der Waals surface area contributed by atoms with E-state index in [0.717, 1.165) is 0 Å². The maximum Gasteiger partial charge on any atom is 0.242 e. The Balaban J connectivity index is 2.20. The minimum atomic E-state index is -3.67. The van der Waals surface area contributed by atoms with Crippen molar-refractivity contribution in [3.8, 4) is 0 Å². The molecule has 3 N–H and O–H groups in total. The Morgan fingerprint density at radius 3 is 2.43 bits per heavy atom. The summed E-state index contributed by atoms with van der Waals surface area (Å²) in [6.07, 6.45) is 1.47. The van der Waals surface area contributed by atoms with Crippen LogP contribution in [0.1, 0.15) is 33.4 Å². The number of hydrogen-bond acceptors (Lipinski definition) is 4. The molecule has 116 valence electrons. The zero-order valence-corrected chi connectivity index (χ0v) is 14.3. The Bertz CT molecular complexity index is 667. The van der Waals surface area contributed by atoms with Crippen molar-refractivity contribution in [3.05, 3.63) is 24.0 Å². The van der Waals surface area contributed by atoms with Gasteiger partial charge in [0, 0.05) is 12.7 Å². The zero-order chi connectivity index (χ0) is 16.1. The van der Waals surface area contributed by atoms with Crippen molar-refractivity contribution in [2.75, 3.05) is 6.54 Å². The van der Waals surface area contributed by atoms with Gasteiger partial charge in [-0.3, -0.25) is 4.98 Å². The van der Waals surface area contributed by atoms with Crippen LogP contribution in [0, 0.1) is 16.7 Å². The number of rotatable bonds is 5. The van der Waals surface area contributed by atoms with Crippen molar-refractivity contribution in [1.82, 2.24) is 9.71 Å². The standard InChI is InChI=1S/C14H21N3O2S2/c1-13(2)10(14(13,3)4)8-17-21(18,19)9-6-5-7-16-11(9)12(15)20/h5-7,10,17H,8H2,1-4H3,(H2,15,20). The second kappa shape index (κ2) is 5.00. The molecule has 1 aliphatic rings. The fourth-order valence-corrected chi connectivity index (χ4v) is 4.35. The molecule has 1 fully saturated rings. The van der Waals surface area contributed by atoms with E-state index in [2.05, 4.69) is 37.4 Å². The van der Waals surface area contributed by atoms with E-state index in [9.17, 15) is 8.42 Å². The number of aromatic nitrogens is 1. The molecule has 0 unspecified atom stereocenters. The van der Waals surface area contributed by atoms with Gasteiger partial charge in [-0.25, -0.2) is 13.1 Å². The van der Waals surface area contributed by atoms with Gasteiger partial charge < -0.3 is 5.73 Å². The van der Waals surface area contributed by atoms with E-state index in [1.54, 1.807) is 6.07 Å². The van der Waals surface area contributed by atoms with E-state index < -0.39 is 10.0 Å². The molecule has 7 heteroatoms. The quantitative estimate of drug-likeness (QED) is 0.804. The summed E-state index contributed by atoms with van der Waals surface area (Å²) in [5.41, 5.74) is 5.92. The Hall–Kier alpha value is -1.05. The summed E-state index contributed by atoms with van der Waals surface area (Å²) >= 11 is 4.86. The summed E-state index contributed by atoms with van der Waals surface area (Å²) in [5.74, 6) is 0.296. The molecule has 1 saturated carbocycles. The summed E-state index contributed by atoms with van der Waals surface area (Å²) in [4.78, 5) is 3.97. The number of nitrogens with one attached hydrogen (secondary N) is 1.